The highest BCUT2D eigenvalue weighted by Crippen LogP contribution is 2.15. The van der Waals surface area contributed by atoms with Gasteiger partial charge in [-0.15, -0.1) is 0 Å². The number of nitrogens with two attached hydrogens (primary N) is 1. The molecular formula is C11H10N2O2. The van der Waals surface area contributed by atoms with Crippen molar-refractivity contribution in [2.24, 2.45) is 4.99 Å². The van der Waals surface area contributed by atoms with Crippen molar-refractivity contribution < 1.29 is 9.53 Å². The quantitative estimate of drug-likeness (QED) is 0.427. The number of hydrogen-bond donors (Lipinski definition) is 1. The van der Waals surface area contributed by atoms with Crippen LogP contribution >= 0.6 is 0 Å². The third-order valence-electron chi connectivity index (χ3n) is 1.97. The molecule has 0 unspecified atom stereocenters. The average Bonchev–Trinajstić information content (AvgIpc) is 2.49. The van der Waals surface area contributed by atoms with Crippen molar-refractivity contribution in [2.45, 2.75) is 6.92 Å². The van der Waals surface area contributed by atoms with E-state index in [2.05, 4.69) is 4.99 Å². The summed E-state index contributed by atoms with van der Waals surface area (Å²) in [5.41, 5.74) is 7.42. The van der Waals surface area contributed by atoms with Gasteiger partial charge in [-0.3, -0.25) is 0 Å². The van der Waals surface area contributed by atoms with Crippen LogP contribution in [0.4, 0.5) is 5.69 Å². The van der Waals surface area contributed by atoms with Gasteiger partial charge in [0.1, 0.15) is 0 Å². The number of anilines is 1. The van der Waals surface area contributed by atoms with Gasteiger partial charge >= 0.3 is 5.97 Å². The lowest BCUT2D eigenvalue weighted by atomic mass is 10.2. The first-order valence-electron chi connectivity index (χ1n) is 4.50. The van der Waals surface area contributed by atoms with E-state index >= 15 is 0 Å². The summed E-state index contributed by atoms with van der Waals surface area (Å²) in [7, 11) is 0. The van der Waals surface area contributed by atoms with E-state index in [1.54, 1.807) is 25.1 Å². The molecule has 0 aromatic heterocycles. The number of rotatable bonds is 1. The van der Waals surface area contributed by atoms with Crippen LogP contribution in [0.3, 0.4) is 0 Å². The molecule has 0 spiro atoms. The zero-order valence-corrected chi connectivity index (χ0v) is 8.23. The van der Waals surface area contributed by atoms with Crippen LogP contribution in [0.15, 0.2) is 35.0 Å². The Hall–Kier alpha value is -2.10. The Kier molecular flexibility index (Phi) is 2.25. The highest BCUT2D eigenvalue weighted by atomic mass is 16.6. The number of benzene rings is 1. The summed E-state index contributed by atoms with van der Waals surface area (Å²) in [6.45, 7) is 1.64. The first-order chi connectivity index (χ1) is 7.15. The van der Waals surface area contributed by atoms with Gasteiger partial charge in [0.25, 0.3) is 0 Å². The van der Waals surface area contributed by atoms with E-state index in [9.17, 15) is 4.79 Å². The maximum Gasteiger partial charge on any atom is 0.363 e. The average molecular weight is 202 g/mol. The lowest BCUT2D eigenvalue weighted by molar-refractivity contribution is -0.130. The van der Waals surface area contributed by atoms with Crippen LogP contribution in [0.1, 0.15) is 12.5 Å². The van der Waals surface area contributed by atoms with E-state index in [4.69, 9.17) is 10.5 Å². The van der Waals surface area contributed by atoms with Crippen molar-refractivity contribution in [2.75, 3.05) is 5.73 Å². The number of nitrogens with zero attached hydrogens (tertiary/aromatic N) is 1. The largest absolute Gasteiger partial charge is 0.407 e. The number of carbonyl (C=O) groups excluding carboxylic acids is 1. The van der Waals surface area contributed by atoms with Gasteiger partial charge in [0.15, 0.2) is 11.6 Å². The molecule has 0 saturated carbocycles. The van der Waals surface area contributed by atoms with Crippen LogP contribution in [-0.4, -0.2) is 11.9 Å². The summed E-state index contributed by atoms with van der Waals surface area (Å²) >= 11 is 0. The zero-order chi connectivity index (χ0) is 10.8. The van der Waals surface area contributed by atoms with Crippen LogP contribution in [-0.2, 0) is 9.53 Å². The Morgan fingerprint density at radius 2 is 2.00 bits per heavy atom. The monoisotopic (exact) mass is 202 g/mol. The Morgan fingerprint density at radius 3 is 2.53 bits per heavy atom. The molecule has 0 saturated heterocycles. The van der Waals surface area contributed by atoms with Gasteiger partial charge in [0.2, 0.25) is 0 Å². The second-order valence-corrected chi connectivity index (χ2v) is 3.22. The van der Waals surface area contributed by atoms with Gasteiger partial charge in [-0.2, -0.15) is 0 Å². The van der Waals surface area contributed by atoms with Crippen LogP contribution in [0, 0.1) is 0 Å². The van der Waals surface area contributed by atoms with Crippen molar-refractivity contribution in [3.63, 3.8) is 0 Å². The summed E-state index contributed by atoms with van der Waals surface area (Å²) in [5.74, 6) is -0.0361. The molecule has 15 heavy (non-hydrogen) atoms. The van der Waals surface area contributed by atoms with Gasteiger partial charge in [-0.1, -0.05) is 12.1 Å². The summed E-state index contributed by atoms with van der Waals surface area (Å²) in [6.07, 6.45) is 1.66. The minimum Gasteiger partial charge on any atom is -0.407 e. The fraction of sp³-hybridized carbons (Fsp3) is 0.0909. The minimum atomic E-state index is -0.413. The van der Waals surface area contributed by atoms with E-state index < -0.39 is 5.97 Å². The van der Waals surface area contributed by atoms with Gasteiger partial charge in [0, 0.05) is 12.6 Å². The van der Waals surface area contributed by atoms with Gasteiger partial charge in [-0.25, -0.2) is 9.79 Å². The third kappa shape index (κ3) is 2.04. The third-order valence-corrected chi connectivity index (χ3v) is 1.97. The second-order valence-electron chi connectivity index (χ2n) is 3.22. The Balaban J connectivity index is 2.31. The zero-order valence-electron chi connectivity index (χ0n) is 8.23. The smallest absolute Gasteiger partial charge is 0.363 e. The Labute approximate surface area is 87.1 Å². The molecule has 4 heteroatoms. The molecule has 1 aliphatic rings. The number of esters is 1. The maximum atomic E-state index is 11.2. The first-order valence-corrected chi connectivity index (χ1v) is 4.50. The molecule has 0 aliphatic carbocycles. The molecule has 2 N–H and O–H groups in total. The van der Waals surface area contributed by atoms with Gasteiger partial charge in [-0.05, 0) is 23.8 Å². The molecule has 0 fully saturated rings. The summed E-state index contributed by atoms with van der Waals surface area (Å²) < 4.78 is 4.79. The van der Waals surface area contributed by atoms with E-state index in [0.29, 0.717) is 17.3 Å². The van der Waals surface area contributed by atoms with Crippen molar-refractivity contribution in [1.29, 1.82) is 0 Å². The molecule has 1 aliphatic heterocycles. The summed E-state index contributed by atoms with van der Waals surface area (Å²) in [5, 5.41) is 0. The number of aliphatic imine (C=N–C) groups is 1. The molecule has 0 atom stereocenters. The molecule has 1 heterocycles. The molecule has 4 nitrogen and oxygen atoms in total. The lowest BCUT2D eigenvalue weighted by Crippen LogP contribution is -1.99. The number of carbonyl (C=O) groups is 1. The highest BCUT2D eigenvalue weighted by molar-refractivity contribution is 6.06. The fourth-order valence-electron chi connectivity index (χ4n) is 1.27. The fourth-order valence-corrected chi connectivity index (χ4v) is 1.27. The van der Waals surface area contributed by atoms with Crippen LogP contribution in [0.5, 0.6) is 0 Å². The Bertz CT molecular complexity index is 458. The summed E-state index contributed by atoms with van der Waals surface area (Å²) in [6, 6.07) is 7.17. The molecule has 0 amide bonds. The summed E-state index contributed by atoms with van der Waals surface area (Å²) in [4.78, 5) is 15.2. The molecule has 0 radical (unpaired) electrons. The number of cyclic esters (lactones) is 1. The minimum absolute atomic E-state index is 0.317. The molecule has 76 valence electrons. The molecule has 0 bridgehead atoms. The van der Waals surface area contributed by atoms with Gasteiger partial charge < -0.3 is 10.5 Å². The van der Waals surface area contributed by atoms with Crippen LogP contribution < -0.4 is 5.73 Å². The van der Waals surface area contributed by atoms with E-state index in [0.717, 1.165) is 5.56 Å². The molecule has 2 rings (SSSR count). The van der Waals surface area contributed by atoms with Crippen LogP contribution in [0.25, 0.3) is 6.08 Å². The van der Waals surface area contributed by atoms with Crippen molar-refractivity contribution >= 4 is 23.6 Å². The normalized spacial score (nSPS) is 17.8. The van der Waals surface area contributed by atoms with E-state index in [1.807, 2.05) is 12.1 Å². The topological polar surface area (TPSA) is 64.7 Å². The predicted octanol–water partition coefficient (Wildman–Crippen LogP) is 1.58. The lowest BCUT2D eigenvalue weighted by Gasteiger charge is -1.95. The highest BCUT2D eigenvalue weighted by Gasteiger charge is 2.19. The molecule has 1 aromatic carbocycles. The van der Waals surface area contributed by atoms with Gasteiger partial charge in [0.05, 0.1) is 0 Å². The number of nitrogen functional groups attached to an aromatic ring is 1. The standard InChI is InChI=1S/C11H10N2O2/c1-7-13-10(11(14)15-7)6-8-2-4-9(12)5-3-8/h2-6H,12H2,1H3/b10-6+. The predicted molar refractivity (Wildman–Crippen MR) is 58.0 cm³/mol. The second kappa shape index (κ2) is 3.57. The number of hydrogen-bond acceptors (Lipinski definition) is 4. The molecule has 1 aromatic rings. The Morgan fingerprint density at radius 1 is 1.33 bits per heavy atom. The van der Waals surface area contributed by atoms with Crippen molar-refractivity contribution in [1.82, 2.24) is 0 Å². The van der Waals surface area contributed by atoms with E-state index in [-0.39, 0.29) is 0 Å². The maximum absolute atomic E-state index is 11.2. The molecular weight excluding hydrogens is 192 g/mol. The first kappa shape index (κ1) is 9.45. The van der Waals surface area contributed by atoms with Crippen molar-refractivity contribution in [3.05, 3.63) is 35.5 Å². The van der Waals surface area contributed by atoms with Crippen LogP contribution in [0.2, 0.25) is 0 Å². The number of ether oxygens (including phenoxy) is 1. The SMILES string of the molecule is CC1=N/C(=C/c2ccc(N)cc2)C(=O)O1. The van der Waals surface area contributed by atoms with Crippen molar-refractivity contribution in [3.8, 4) is 0 Å². The van der Waals surface area contributed by atoms with E-state index in [1.165, 1.54) is 0 Å².